The molecule has 27 heavy (non-hydrogen) atoms. The van der Waals surface area contributed by atoms with Gasteiger partial charge in [-0.15, -0.1) is 0 Å². The normalized spacial score (nSPS) is 23.4. The zero-order valence-electron chi connectivity index (χ0n) is 15.9. The fraction of sp³-hybridized carbons (Fsp3) is 0.600. The second-order valence-electron chi connectivity index (χ2n) is 7.60. The van der Waals surface area contributed by atoms with Gasteiger partial charge in [-0.1, -0.05) is 6.07 Å². The molecular weight excluding hydrogens is 346 g/mol. The molecule has 0 aliphatic carbocycles. The number of likely N-dealkylation sites (tertiary alicyclic amines) is 1. The van der Waals surface area contributed by atoms with Crippen molar-refractivity contribution >= 4 is 11.7 Å². The Hall–Kier alpha value is -2.12. The van der Waals surface area contributed by atoms with E-state index in [0.29, 0.717) is 25.9 Å². The second-order valence-corrected chi connectivity index (χ2v) is 7.60. The minimum Gasteiger partial charge on any atom is -0.454 e. The van der Waals surface area contributed by atoms with Gasteiger partial charge in [-0.3, -0.25) is 19.4 Å². The highest BCUT2D eigenvalue weighted by atomic mass is 16.7. The standard InChI is InChI=1S/C20H27N3O4/c1-15(24)20(25)23-6-2-3-17(13-23)22-9-7-21(8-10-22)12-16-4-5-18-19(11-16)27-14-26-18/h4-5,11,17H,2-3,6-10,12-14H2,1H3/t17-/m1/s1. The summed E-state index contributed by atoms with van der Waals surface area (Å²) in [5.41, 5.74) is 1.24. The van der Waals surface area contributed by atoms with Crippen LogP contribution in [0, 0.1) is 0 Å². The van der Waals surface area contributed by atoms with E-state index in [-0.39, 0.29) is 11.7 Å². The molecule has 0 radical (unpaired) electrons. The topological polar surface area (TPSA) is 62.3 Å². The predicted octanol–water partition coefficient (Wildman–Crippen LogP) is 1.11. The first-order valence-corrected chi connectivity index (χ1v) is 9.75. The summed E-state index contributed by atoms with van der Waals surface area (Å²) in [4.78, 5) is 30.0. The third-order valence-electron chi connectivity index (χ3n) is 5.75. The van der Waals surface area contributed by atoms with Gasteiger partial charge in [-0.25, -0.2) is 0 Å². The summed E-state index contributed by atoms with van der Waals surface area (Å²) in [6, 6.07) is 6.53. The van der Waals surface area contributed by atoms with Gasteiger partial charge in [0.2, 0.25) is 12.6 Å². The van der Waals surface area contributed by atoms with E-state index >= 15 is 0 Å². The van der Waals surface area contributed by atoms with E-state index in [1.54, 1.807) is 4.90 Å². The van der Waals surface area contributed by atoms with E-state index in [1.165, 1.54) is 12.5 Å². The van der Waals surface area contributed by atoms with E-state index in [9.17, 15) is 9.59 Å². The van der Waals surface area contributed by atoms with Crippen molar-refractivity contribution in [3.05, 3.63) is 23.8 Å². The van der Waals surface area contributed by atoms with Crippen molar-refractivity contribution in [2.75, 3.05) is 46.1 Å². The Labute approximate surface area is 159 Å². The molecular formula is C20H27N3O4. The summed E-state index contributed by atoms with van der Waals surface area (Å²) < 4.78 is 10.8. The van der Waals surface area contributed by atoms with E-state index in [4.69, 9.17) is 9.47 Å². The van der Waals surface area contributed by atoms with Crippen molar-refractivity contribution in [1.82, 2.24) is 14.7 Å². The molecule has 2 fully saturated rings. The molecule has 1 atom stereocenters. The number of rotatable bonds is 4. The number of amides is 1. The number of Topliss-reactive ketones (excluding diaryl/α,β-unsaturated/α-hetero) is 1. The molecule has 1 aromatic rings. The maximum absolute atomic E-state index is 12.0. The van der Waals surface area contributed by atoms with Crippen LogP contribution in [-0.4, -0.2) is 78.5 Å². The van der Waals surface area contributed by atoms with Crippen LogP contribution in [0.3, 0.4) is 0 Å². The summed E-state index contributed by atoms with van der Waals surface area (Å²) in [5, 5.41) is 0. The first-order valence-electron chi connectivity index (χ1n) is 9.75. The van der Waals surface area contributed by atoms with Crippen molar-refractivity contribution in [3.8, 4) is 11.5 Å². The van der Waals surface area contributed by atoms with Crippen LogP contribution in [0.15, 0.2) is 18.2 Å². The number of fused-ring (bicyclic) bond motifs is 1. The van der Waals surface area contributed by atoms with Crippen molar-refractivity contribution in [3.63, 3.8) is 0 Å². The maximum atomic E-state index is 12.0. The highest BCUT2D eigenvalue weighted by molar-refractivity contribution is 6.35. The third-order valence-corrected chi connectivity index (χ3v) is 5.75. The van der Waals surface area contributed by atoms with E-state index in [0.717, 1.165) is 57.1 Å². The van der Waals surface area contributed by atoms with Gasteiger partial charge in [0.1, 0.15) is 0 Å². The number of piperazine rings is 1. The van der Waals surface area contributed by atoms with Crippen molar-refractivity contribution in [2.45, 2.75) is 32.4 Å². The lowest BCUT2D eigenvalue weighted by atomic mass is 10.0. The molecule has 1 aromatic carbocycles. The average Bonchev–Trinajstić information content (AvgIpc) is 3.16. The summed E-state index contributed by atoms with van der Waals surface area (Å²) >= 11 is 0. The van der Waals surface area contributed by atoms with Crippen LogP contribution in [0.1, 0.15) is 25.3 Å². The van der Waals surface area contributed by atoms with Crippen molar-refractivity contribution in [1.29, 1.82) is 0 Å². The fourth-order valence-electron chi connectivity index (χ4n) is 4.24. The molecule has 146 valence electrons. The molecule has 0 spiro atoms. The Bertz CT molecular complexity index is 715. The van der Waals surface area contributed by atoms with Gasteiger partial charge in [-0.2, -0.15) is 0 Å². The summed E-state index contributed by atoms with van der Waals surface area (Å²) in [7, 11) is 0. The molecule has 1 amide bonds. The van der Waals surface area contributed by atoms with Crippen LogP contribution in [0.4, 0.5) is 0 Å². The molecule has 7 heteroatoms. The molecule has 2 saturated heterocycles. The Morgan fingerprint density at radius 2 is 1.85 bits per heavy atom. The molecule has 7 nitrogen and oxygen atoms in total. The van der Waals surface area contributed by atoms with Crippen LogP contribution < -0.4 is 9.47 Å². The fourth-order valence-corrected chi connectivity index (χ4v) is 4.24. The minimum absolute atomic E-state index is 0.308. The highest BCUT2D eigenvalue weighted by Gasteiger charge is 2.31. The lowest BCUT2D eigenvalue weighted by Crippen LogP contribution is -2.56. The van der Waals surface area contributed by atoms with Crippen LogP contribution in [0.25, 0.3) is 0 Å². The van der Waals surface area contributed by atoms with E-state index < -0.39 is 0 Å². The molecule has 0 unspecified atom stereocenters. The lowest BCUT2D eigenvalue weighted by Gasteiger charge is -2.43. The minimum atomic E-state index is -0.357. The van der Waals surface area contributed by atoms with Gasteiger partial charge in [0.15, 0.2) is 11.5 Å². The van der Waals surface area contributed by atoms with Gasteiger partial charge in [0, 0.05) is 58.8 Å². The van der Waals surface area contributed by atoms with Crippen LogP contribution in [0.2, 0.25) is 0 Å². The van der Waals surface area contributed by atoms with Gasteiger partial charge >= 0.3 is 0 Å². The summed E-state index contributed by atoms with van der Waals surface area (Å²) in [5.74, 6) is 0.972. The molecule has 0 aromatic heterocycles. The smallest absolute Gasteiger partial charge is 0.289 e. The number of ketones is 1. The summed E-state index contributed by atoms with van der Waals surface area (Å²) in [6.45, 7) is 7.97. The zero-order valence-corrected chi connectivity index (χ0v) is 15.9. The van der Waals surface area contributed by atoms with Crippen LogP contribution in [0.5, 0.6) is 11.5 Å². The Balaban J connectivity index is 1.28. The first kappa shape index (κ1) is 18.3. The maximum Gasteiger partial charge on any atom is 0.289 e. The largest absolute Gasteiger partial charge is 0.454 e. The number of ether oxygens (including phenoxy) is 2. The number of carbonyl (C=O) groups is 2. The monoisotopic (exact) mass is 373 g/mol. The Kier molecular flexibility index (Phi) is 5.31. The average molecular weight is 373 g/mol. The van der Waals surface area contributed by atoms with E-state index in [2.05, 4.69) is 21.9 Å². The van der Waals surface area contributed by atoms with Crippen molar-refractivity contribution in [2.24, 2.45) is 0 Å². The Morgan fingerprint density at radius 3 is 2.63 bits per heavy atom. The number of nitrogens with zero attached hydrogens (tertiary/aromatic N) is 3. The van der Waals surface area contributed by atoms with E-state index in [1.807, 2.05) is 6.07 Å². The number of piperidine rings is 1. The summed E-state index contributed by atoms with van der Waals surface area (Å²) in [6.07, 6.45) is 2.07. The third kappa shape index (κ3) is 4.09. The van der Waals surface area contributed by atoms with Gasteiger partial charge in [0.25, 0.3) is 5.91 Å². The molecule has 0 N–H and O–H groups in total. The molecule has 0 bridgehead atoms. The van der Waals surface area contributed by atoms with Crippen LogP contribution >= 0.6 is 0 Å². The number of benzene rings is 1. The van der Waals surface area contributed by atoms with Crippen LogP contribution in [-0.2, 0) is 16.1 Å². The molecule has 3 aliphatic rings. The Morgan fingerprint density at radius 1 is 1.07 bits per heavy atom. The first-order chi connectivity index (χ1) is 13.1. The second kappa shape index (κ2) is 7.86. The number of carbonyl (C=O) groups excluding carboxylic acids is 2. The van der Waals surface area contributed by atoms with Gasteiger partial charge < -0.3 is 14.4 Å². The van der Waals surface area contributed by atoms with Crippen molar-refractivity contribution < 1.29 is 19.1 Å². The quantitative estimate of drug-likeness (QED) is 0.737. The molecule has 4 rings (SSSR count). The zero-order chi connectivity index (χ0) is 18.8. The SMILES string of the molecule is CC(=O)C(=O)N1CCC[C@@H](N2CCN(Cc3ccc4c(c3)OCO4)CC2)C1. The number of hydrogen-bond acceptors (Lipinski definition) is 6. The van der Waals surface area contributed by atoms with Gasteiger partial charge in [0.05, 0.1) is 0 Å². The number of hydrogen-bond donors (Lipinski definition) is 0. The van der Waals surface area contributed by atoms with Gasteiger partial charge in [-0.05, 0) is 30.5 Å². The molecule has 0 saturated carbocycles. The lowest BCUT2D eigenvalue weighted by molar-refractivity contribution is -0.145. The molecule has 3 heterocycles. The highest BCUT2D eigenvalue weighted by Crippen LogP contribution is 2.33. The molecule has 3 aliphatic heterocycles. The predicted molar refractivity (Wildman–Crippen MR) is 99.7 cm³/mol.